The van der Waals surface area contributed by atoms with Crippen LogP contribution in [-0.4, -0.2) is 29.3 Å². The van der Waals surface area contributed by atoms with Gasteiger partial charge in [0.25, 0.3) is 5.91 Å². The number of nitrogens with one attached hydrogen (secondary N) is 1. The van der Waals surface area contributed by atoms with Gasteiger partial charge in [-0.3, -0.25) is 4.79 Å². The third-order valence-electron chi connectivity index (χ3n) is 3.83. The van der Waals surface area contributed by atoms with Gasteiger partial charge in [-0.15, -0.1) is 0 Å². The number of carbonyl (C=O) groups excluding carboxylic acids is 1. The standard InChI is InChI=1S/C16H23NO3/c1-12-7-3-4-8-14(12)20-13(2)11-17-15(18)16(19)9-5-6-10-16/h3-4,7-8,13,19H,5-6,9-11H2,1-2H3,(H,17,18). The van der Waals surface area contributed by atoms with E-state index in [1.165, 1.54) is 0 Å². The third kappa shape index (κ3) is 3.51. The molecule has 0 saturated heterocycles. The highest BCUT2D eigenvalue weighted by atomic mass is 16.5. The van der Waals surface area contributed by atoms with E-state index in [0.29, 0.717) is 19.4 Å². The number of benzene rings is 1. The minimum atomic E-state index is -1.16. The lowest BCUT2D eigenvalue weighted by Gasteiger charge is -2.23. The number of amides is 1. The molecule has 1 atom stereocenters. The first-order valence-corrected chi connectivity index (χ1v) is 7.24. The SMILES string of the molecule is Cc1ccccc1OC(C)CNC(=O)C1(O)CCCC1. The zero-order chi connectivity index (χ0) is 14.6. The van der Waals surface area contributed by atoms with Crippen LogP contribution in [0.2, 0.25) is 0 Å². The predicted octanol–water partition coefficient (Wildman–Crippen LogP) is 2.18. The van der Waals surface area contributed by atoms with E-state index >= 15 is 0 Å². The second-order valence-corrected chi connectivity index (χ2v) is 5.64. The molecule has 0 bridgehead atoms. The average molecular weight is 277 g/mol. The van der Waals surface area contributed by atoms with Crippen LogP contribution >= 0.6 is 0 Å². The first kappa shape index (κ1) is 14.9. The van der Waals surface area contributed by atoms with E-state index in [1.54, 1.807) is 0 Å². The molecular formula is C16H23NO3. The monoisotopic (exact) mass is 277 g/mol. The van der Waals surface area contributed by atoms with Crippen LogP contribution in [0.3, 0.4) is 0 Å². The van der Waals surface area contributed by atoms with Crippen molar-refractivity contribution in [3.8, 4) is 5.75 Å². The van der Waals surface area contributed by atoms with Crippen molar-refractivity contribution in [3.05, 3.63) is 29.8 Å². The molecule has 2 N–H and O–H groups in total. The first-order valence-electron chi connectivity index (χ1n) is 7.24. The molecule has 0 spiro atoms. The van der Waals surface area contributed by atoms with Crippen LogP contribution in [0, 0.1) is 6.92 Å². The molecule has 0 heterocycles. The molecule has 1 fully saturated rings. The molecular weight excluding hydrogens is 254 g/mol. The van der Waals surface area contributed by atoms with Crippen molar-refractivity contribution < 1.29 is 14.6 Å². The highest BCUT2D eigenvalue weighted by molar-refractivity contribution is 5.85. The predicted molar refractivity (Wildman–Crippen MR) is 77.7 cm³/mol. The number of rotatable bonds is 5. The fourth-order valence-corrected chi connectivity index (χ4v) is 2.53. The summed E-state index contributed by atoms with van der Waals surface area (Å²) in [6, 6.07) is 7.79. The zero-order valence-electron chi connectivity index (χ0n) is 12.2. The van der Waals surface area contributed by atoms with Crippen LogP contribution in [0.4, 0.5) is 0 Å². The Morgan fingerprint density at radius 1 is 1.40 bits per heavy atom. The first-order chi connectivity index (χ1) is 9.51. The molecule has 0 aliphatic heterocycles. The Hall–Kier alpha value is -1.55. The average Bonchev–Trinajstić information content (AvgIpc) is 2.87. The maximum absolute atomic E-state index is 12.0. The van der Waals surface area contributed by atoms with Gasteiger partial charge in [0.05, 0.1) is 6.54 Å². The highest BCUT2D eigenvalue weighted by Gasteiger charge is 2.38. The summed E-state index contributed by atoms with van der Waals surface area (Å²) in [6.45, 7) is 4.29. The number of hydrogen-bond acceptors (Lipinski definition) is 3. The van der Waals surface area contributed by atoms with Gasteiger partial charge in [0.2, 0.25) is 0 Å². The Bertz CT molecular complexity index is 467. The van der Waals surface area contributed by atoms with Crippen LogP contribution in [0.1, 0.15) is 38.2 Å². The van der Waals surface area contributed by atoms with Gasteiger partial charge in [-0.1, -0.05) is 18.2 Å². The maximum atomic E-state index is 12.0. The van der Waals surface area contributed by atoms with Crippen LogP contribution in [-0.2, 0) is 4.79 Å². The molecule has 20 heavy (non-hydrogen) atoms. The number of aryl methyl sites for hydroxylation is 1. The van der Waals surface area contributed by atoms with E-state index < -0.39 is 5.60 Å². The fourth-order valence-electron chi connectivity index (χ4n) is 2.53. The molecule has 2 rings (SSSR count). The lowest BCUT2D eigenvalue weighted by atomic mass is 10.0. The van der Waals surface area contributed by atoms with Crippen molar-refractivity contribution >= 4 is 5.91 Å². The van der Waals surface area contributed by atoms with Crippen molar-refractivity contribution in [3.63, 3.8) is 0 Å². The molecule has 1 aliphatic carbocycles. The molecule has 1 aliphatic rings. The topological polar surface area (TPSA) is 58.6 Å². The molecule has 0 radical (unpaired) electrons. The number of hydrogen-bond donors (Lipinski definition) is 2. The zero-order valence-corrected chi connectivity index (χ0v) is 12.2. The van der Waals surface area contributed by atoms with Crippen LogP contribution < -0.4 is 10.1 Å². The molecule has 1 unspecified atom stereocenters. The molecule has 110 valence electrons. The Morgan fingerprint density at radius 2 is 2.05 bits per heavy atom. The van der Waals surface area contributed by atoms with Crippen molar-refractivity contribution in [2.45, 2.75) is 51.2 Å². The molecule has 1 aromatic carbocycles. The Kier molecular flexibility index (Phi) is 4.65. The molecule has 4 nitrogen and oxygen atoms in total. The van der Waals surface area contributed by atoms with Crippen molar-refractivity contribution in [2.24, 2.45) is 0 Å². The molecule has 1 aromatic rings. The molecule has 1 amide bonds. The summed E-state index contributed by atoms with van der Waals surface area (Å²) in [5.41, 5.74) is -0.0948. The van der Waals surface area contributed by atoms with Crippen LogP contribution in [0.15, 0.2) is 24.3 Å². The van der Waals surface area contributed by atoms with Crippen molar-refractivity contribution in [1.82, 2.24) is 5.32 Å². The quantitative estimate of drug-likeness (QED) is 0.867. The number of para-hydroxylation sites is 1. The van der Waals surface area contributed by atoms with Gasteiger partial charge >= 0.3 is 0 Å². The lowest BCUT2D eigenvalue weighted by molar-refractivity contribution is -0.139. The minimum Gasteiger partial charge on any atom is -0.489 e. The van der Waals surface area contributed by atoms with Gasteiger partial charge in [-0.05, 0) is 51.2 Å². The summed E-state index contributed by atoms with van der Waals surface area (Å²) >= 11 is 0. The van der Waals surface area contributed by atoms with Gasteiger partial charge in [0, 0.05) is 0 Å². The van der Waals surface area contributed by atoms with E-state index in [0.717, 1.165) is 24.2 Å². The number of aliphatic hydroxyl groups is 1. The van der Waals surface area contributed by atoms with Crippen molar-refractivity contribution in [2.75, 3.05) is 6.54 Å². The smallest absolute Gasteiger partial charge is 0.252 e. The summed E-state index contributed by atoms with van der Waals surface area (Å²) in [5.74, 6) is 0.559. The Balaban J connectivity index is 1.82. The van der Waals surface area contributed by atoms with Crippen LogP contribution in [0.25, 0.3) is 0 Å². The molecule has 0 aromatic heterocycles. The second-order valence-electron chi connectivity index (χ2n) is 5.64. The van der Waals surface area contributed by atoms with Crippen molar-refractivity contribution in [1.29, 1.82) is 0 Å². The largest absolute Gasteiger partial charge is 0.489 e. The fraction of sp³-hybridized carbons (Fsp3) is 0.562. The summed E-state index contributed by atoms with van der Waals surface area (Å²) in [7, 11) is 0. The minimum absolute atomic E-state index is 0.134. The summed E-state index contributed by atoms with van der Waals surface area (Å²) < 4.78 is 5.79. The lowest BCUT2D eigenvalue weighted by Crippen LogP contribution is -2.47. The summed E-state index contributed by atoms with van der Waals surface area (Å²) in [4.78, 5) is 12.0. The normalized spacial score (nSPS) is 18.6. The van der Waals surface area contributed by atoms with E-state index in [2.05, 4.69) is 5.32 Å². The van der Waals surface area contributed by atoms with E-state index in [1.807, 2.05) is 38.1 Å². The second kappa shape index (κ2) is 6.27. The summed E-state index contributed by atoms with van der Waals surface area (Å²) in [6.07, 6.45) is 2.82. The van der Waals surface area contributed by atoms with Crippen LogP contribution in [0.5, 0.6) is 5.75 Å². The molecule has 4 heteroatoms. The Labute approximate surface area is 120 Å². The van der Waals surface area contributed by atoms with E-state index in [9.17, 15) is 9.90 Å². The highest BCUT2D eigenvalue weighted by Crippen LogP contribution is 2.29. The van der Waals surface area contributed by atoms with E-state index in [4.69, 9.17) is 4.74 Å². The molecule has 1 saturated carbocycles. The number of carbonyl (C=O) groups is 1. The Morgan fingerprint density at radius 3 is 2.70 bits per heavy atom. The van der Waals surface area contributed by atoms with Gasteiger partial charge in [-0.2, -0.15) is 0 Å². The van der Waals surface area contributed by atoms with Gasteiger partial charge in [-0.25, -0.2) is 0 Å². The maximum Gasteiger partial charge on any atom is 0.252 e. The van der Waals surface area contributed by atoms with Gasteiger partial charge in [0.15, 0.2) is 0 Å². The van der Waals surface area contributed by atoms with E-state index in [-0.39, 0.29) is 12.0 Å². The van der Waals surface area contributed by atoms with Gasteiger partial charge in [0.1, 0.15) is 17.5 Å². The number of ether oxygens (including phenoxy) is 1. The summed E-state index contributed by atoms with van der Waals surface area (Å²) in [5, 5.41) is 12.9. The third-order valence-corrected chi connectivity index (χ3v) is 3.83. The van der Waals surface area contributed by atoms with Gasteiger partial charge < -0.3 is 15.2 Å².